The molecule has 2 rings (SSSR count). The van der Waals surface area contributed by atoms with E-state index in [1.807, 2.05) is 43.3 Å². The summed E-state index contributed by atoms with van der Waals surface area (Å²) >= 11 is 2.18. The topological polar surface area (TPSA) is 74.2 Å². The summed E-state index contributed by atoms with van der Waals surface area (Å²) in [6.45, 7) is 4.43. The smallest absolute Gasteiger partial charge is 0.333 e. The number of allylic oxidation sites excluding steroid dienone is 1. The maximum Gasteiger partial charge on any atom is 0.333 e. The predicted molar refractivity (Wildman–Crippen MR) is 132 cm³/mol. The Morgan fingerprint density at radius 1 is 1.16 bits per heavy atom. The van der Waals surface area contributed by atoms with Crippen LogP contribution in [-0.4, -0.2) is 44.6 Å². The Bertz CT molecular complexity index is 997. The molecule has 0 aliphatic rings. The minimum Gasteiger partial charge on any atom is -0.497 e. The number of carboxylic acids is 1. The summed E-state index contributed by atoms with van der Waals surface area (Å²) < 4.78 is 22.6. The van der Waals surface area contributed by atoms with Crippen molar-refractivity contribution in [1.29, 1.82) is 0 Å². The molecule has 2 aromatic rings. The number of hydrogen-bond donors (Lipinski definition) is 1. The molecule has 0 fully saturated rings. The van der Waals surface area contributed by atoms with Gasteiger partial charge in [0.15, 0.2) is 6.10 Å². The Labute approximate surface area is 202 Å². The van der Waals surface area contributed by atoms with Crippen LogP contribution >= 0.6 is 22.6 Å². The average Bonchev–Trinajstić information content (AvgIpc) is 2.78. The van der Waals surface area contributed by atoms with Gasteiger partial charge in [-0.1, -0.05) is 17.9 Å². The van der Waals surface area contributed by atoms with E-state index in [1.54, 1.807) is 27.2 Å². The van der Waals surface area contributed by atoms with Gasteiger partial charge in [0, 0.05) is 24.7 Å². The van der Waals surface area contributed by atoms with Crippen molar-refractivity contribution in [2.45, 2.75) is 26.4 Å². The van der Waals surface area contributed by atoms with Gasteiger partial charge in [-0.15, -0.1) is 0 Å². The SMILES string of the molecule is CCO[C@@H](Cc1ccc(OC/C=C(/C)C#Cc2cc(OC)cc(OC)c2)c(I)c1)C(=O)O. The average molecular weight is 550 g/mol. The van der Waals surface area contributed by atoms with Crippen molar-refractivity contribution in [3.8, 4) is 29.1 Å². The summed E-state index contributed by atoms with van der Waals surface area (Å²) in [6, 6.07) is 11.1. The van der Waals surface area contributed by atoms with E-state index in [1.165, 1.54) is 0 Å². The summed E-state index contributed by atoms with van der Waals surface area (Å²) in [5.74, 6) is 7.35. The molecular weight excluding hydrogens is 523 g/mol. The maximum absolute atomic E-state index is 11.3. The highest BCUT2D eigenvalue weighted by atomic mass is 127. The molecule has 1 N–H and O–H groups in total. The van der Waals surface area contributed by atoms with Gasteiger partial charge in [-0.3, -0.25) is 0 Å². The third-order valence-electron chi connectivity index (χ3n) is 4.44. The summed E-state index contributed by atoms with van der Waals surface area (Å²) in [5.41, 5.74) is 2.56. The third kappa shape index (κ3) is 8.09. The van der Waals surface area contributed by atoms with Crippen molar-refractivity contribution >= 4 is 28.6 Å². The lowest BCUT2D eigenvalue weighted by Crippen LogP contribution is -2.26. The van der Waals surface area contributed by atoms with Gasteiger partial charge in [0.1, 0.15) is 23.9 Å². The fraction of sp³-hybridized carbons (Fsp3) is 0.320. The lowest BCUT2D eigenvalue weighted by molar-refractivity contribution is -0.149. The van der Waals surface area contributed by atoms with E-state index in [2.05, 4.69) is 34.4 Å². The second-order valence-corrected chi connectivity index (χ2v) is 7.96. The van der Waals surface area contributed by atoms with Crippen molar-refractivity contribution < 1.29 is 28.8 Å². The molecule has 1 atom stereocenters. The van der Waals surface area contributed by atoms with Crippen molar-refractivity contribution in [2.75, 3.05) is 27.4 Å². The third-order valence-corrected chi connectivity index (χ3v) is 5.29. The molecule has 0 spiro atoms. The maximum atomic E-state index is 11.3. The van der Waals surface area contributed by atoms with Crippen LogP contribution in [0.5, 0.6) is 17.2 Å². The zero-order valence-electron chi connectivity index (χ0n) is 18.6. The Balaban J connectivity index is 1.99. The Kier molecular flexibility index (Phi) is 10.4. The first-order chi connectivity index (χ1) is 15.4. The second kappa shape index (κ2) is 13.0. The van der Waals surface area contributed by atoms with Crippen LogP contribution in [0.25, 0.3) is 0 Å². The largest absolute Gasteiger partial charge is 0.497 e. The number of halogens is 1. The number of carbonyl (C=O) groups is 1. The highest BCUT2D eigenvalue weighted by Gasteiger charge is 2.18. The van der Waals surface area contributed by atoms with Crippen molar-refractivity contribution in [2.24, 2.45) is 0 Å². The van der Waals surface area contributed by atoms with Crippen LogP contribution in [0.4, 0.5) is 0 Å². The van der Waals surface area contributed by atoms with Gasteiger partial charge < -0.3 is 24.1 Å². The van der Waals surface area contributed by atoms with Gasteiger partial charge >= 0.3 is 5.97 Å². The number of aliphatic carboxylic acids is 1. The fourth-order valence-electron chi connectivity index (χ4n) is 2.78. The molecule has 0 aliphatic carbocycles. The molecule has 0 unspecified atom stereocenters. The van der Waals surface area contributed by atoms with E-state index >= 15 is 0 Å². The van der Waals surface area contributed by atoms with E-state index in [-0.39, 0.29) is 0 Å². The molecule has 0 saturated carbocycles. The fourth-order valence-corrected chi connectivity index (χ4v) is 3.51. The van der Waals surface area contributed by atoms with Crippen LogP contribution in [0.3, 0.4) is 0 Å². The highest BCUT2D eigenvalue weighted by Crippen LogP contribution is 2.24. The van der Waals surface area contributed by atoms with Crippen molar-refractivity contribution in [3.63, 3.8) is 0 Å². The zero-order chi connectivity index (χ0) is 23.5. The molecule has 0 aromatic heterocycles. The molecular formula is C25H27IO6. The number of methoxy groups -OCH3 is 2. The van der Waals surface area contributed by atoms with Crippen LogP contribution in [0, 0.1) is 15.4 Å². The van der Waals surface area contributed by atoms with Crippen LogP contribution in [-0.2, 0) is 16.0 Å². The van der Waals surface area contributed by atoms with Gasteiger partial charge in [-0.25, -0.2) is 4.79 Å². The normalized spacial score (nSPS) is 11.8. The van der Waals surface area contributed by atoms with E-state index in [9.17, 15) is 9.90 Å². The molecule has 0 bridgehead atoms. The minimum absolute atomic E-state index is 0.309. The predicted octanol–water partition coefficient (Wildman–Crippen LogP) is 4.72. The molecule has 0 radical (unpaired) electrons. The van der Waals surface area contributed by atoms with Gasteiger partial charge in [0.2, 0.25) is 0 Å². The quantitative estimate of drug-likeness (QED) is 0.341. The summed E-state index contributed by atoms with van der Waals surface area (Å²) in [4.78, 5) is 11.3. The summed E-state index contributed by atoms with van der Waals surface area (Å²) in [7, 11) is 3.21. The lowest BCUT2D eigenvalue weighted by Gasteiger charge is -2.13. The molecule has 2 aromatic carbocycles. The lowest BCUT2D eigenvalue weighted by atomic mass is 10.1. The molecule has 7 heteroatoms. The van der Waals surface area contributed by atoms with Crippen molar-refractivity contribution in [3.05, 3.63) is 62.7 Å². The second-order valence-electron chi connectivity index (χ2n) is 6.80. The van der Waals surface area contributed by atoms with E-state index < -0.39 is 12.1 Å². The molecule has 0 amide bonds. The van der Waals surface area contributed by atoms with Crippen LogP contribution in [0.2, 0.25) is 0 Å². The first kappa shape index (κ1) is 25.6. The highest BCUT2D eigenvalue weighted by molar-refractivity contribution is 14.1. The standard InChI is InChI=1S/C25H27IO6/c1-5-31-24(25(27)28)15-19-8-9-23(22(26)14-19)32-11-10-17(2)6-7-18-12-20(29-3)16-21(13-18)30-4/h8-10,12-14,16,24H,5,11,15H2,1-4H3,(H,27,28)/b17-10-/t24-/m0/s1. The van der Waals surface area contributed by atoms with E-state index in [0.29, 0.717) is 31.1 Å². The summed E-state index contributed by atoms with van der Waals surface area (Å²) in [5, 5.41) is 9.24. The van der Waals surface area contributed by atoms with E-state index in [4.69, 9.17) is 18.9 Å². The molecule has 32 heavy (non-hydrogen) atoms. The first-order valence-electron chi connectivity index (χ1n) is 10.0. The van der Waals surface area contributed by atoms with Crippen molar-refractivity contribution in [1.82, 2.24) is 0 Å². The van der Waals surface area contributed by atoms with Gasteiger partial charge in [0.25, 0.3) is 0 Å². The summed E-state index contributed by atoms with van der Waals surface area (Å²) in [6.07, 6.45) is 1.36. The van der Waals surface area contributed by atoms with Gasteiger partial charge in [-0.05, 0) is 77.9 Å². The van der Waals surface area contributed by atoms with Crippen LogP contribution < -0.4 is 14.2 Å². The zero-order valence-corrected chi connectivity index (χ0v) is 20.8. The Hall–Kier alpha value is -2.70. The number of ether oxygens (including phenoxy) is 4. The van der Waals surface area contributed by atoms with Gasteiger partial charge in [-0.2, -0.15) is 0 Å². The monoisotopic (exact) mass is 550 g/mol. The van der Waals surface area contributed by atoms with Crippen LogP contribution in [0.1, 0.15) is 25.0 Å². The number of rotatable bonds is 10. The Morgan fingerprint density at radius 2 is 1.84 bits per heavy atom. The molecule has 0 aliphatic heterocycles. The first-order valence-corrected chi connectivity index (χ1v) is 11.1. The number of benzene rings is 2. The molecule has 0 saturated heterocycles. The molecule has 6 nitrogen and oxygen atoms in total. The minimum atomic E-state index is -0.962. The van der Waals surface area contributed by atoms with E-state index in [0.717, 1.165) is 26.0 Å². The number of hydrogen-bond acceptors (Lipinski definition) is 5. The molecule has 0 heterocycles. The molecule has 170 valence electrons. The Morgan fingerprint density at radius 3 is 2.41 bits per heavy atom. The number of carboxylic acid groups (broad SMARTS) is 1. The van der Waals surface area contributed by atoms with Crippen LogP contribution in [0.15, 0.2) is 48.0 Å². The van der Waals surface area contributed by atoms with Gasteiger partial charge in [0.05, 0.1) is 17.8 Å².